The fourth-order valence-electron chi connectivity index (χ4n) is 3.30. The van der Waals surface area contributed by atoms with Gasteiger partial charge in [0.2, 0.25) is 5.91 Å². The van der Waals surface area contributed by atoms with Crippen LogP contribution in [0.2, 0.25) is 0 Å². The molecule has 2 aliphatic carbocycles. The number of hydrogen-bond acceptors (Lipinski definition) is 2. The average molecular weight is 238 g/mol. The summed E-state index contributed by atoms with van der Waals surface area (Å²) in [5, 5.41) is 3.03. The number of amides is 1. The molecule has 0 unspecified atom stereocenters. The molecular formula is C14H26N2O. The molecular weight excluding hydrogens is 212 g/mol. The molecule has 0 atom stereocenters. The fourth-order valence-corrected chi connectivity index (χ4v) is 3.30. The Morgan fingerprint density at radius 2 is 1.82 bits per heavy atom. The lowest BCUT2D eigenvalue weighted by atomic mass is 9.97. The Labute approximate surface area is 105 Å². The van der Waals surface area contributed by atoms with Crippen LogP contribution in [-0.2, 0) is 4.79 Å². The fraction of sp³-hybridized carbons (Fsp3) is 0.929. The zero-order valence-electron chi connectivity index (χ0n) is 10.8. The SMILES string of the molecule is NC1(C(=O)NCCCC2CCCC2)CCCC1. The van der Waals surface area contributed by atoms with E-state index in [-0.39, 0.29) is 5.91 Å². The number of nitrogens with two attached hydrogens (primary N) is 1. The van der Waals surface area contributed by atoms with Gasteiger partial charge in [-0.25, -0.2) is 0 Å². The Hall–Kier alpha value is -0.570. The minimum Gasteiger partial charge on any atom is -0.355 e. The van der Waals surface area contributed by atoms with Gasteiger partial charge in [0.15, 0.2) is 0 Å². The van der Waals surface area contributed by atoms with E-state index in [1.165, 1.54) is 32.1 Å². The lowest BCUT2D eigenvalue weighted by Gasteiger charge is -2.22. The number of carbonyl (C=O) groups is 1. The summed E-state index contributed by atoms with van der Waals surface area (Å²) in [4.78, 5) is 11.9. The van der Waals surface area contributed by atoms with Crippen molar-refractivity contribution in [2.45, 2.75) is 69.7 Å². The first-order valence-corrected chi connectivity index (χ1v) is 7.28. The summed E-state index contributed by atoms with van der Waals surface area (Å²) < 4.78 is 0. The molecule has 17 heavy (non-hydrogen) atoms. The second-order valence-electron chi connectivity index (χ2n) is 5.91. The van der Waals surface area contributed by atoms with Gasteiger partial charge in [0.1, 0.15) is 0 Å². The monoisotopic (exact) mass is 238 g/mol. The molecule has 2 aliphatic rings. The summed E-state index contributed by atoms with van der Waals surface area (Å²) in [6.45, 7) is 0.814. The molecule has 3 nitrogen and oxygen atoms in total. The smallest absolute Gasteiger partial charge is 0.240 e. The minimum absolute atomic E-state index is 0.0846. The zero-order chi connectivity index (χ0) is 12.1. The molecule has 0 aliphatic heterocycles. The van der Waals surface area contributed by atoms with Crippen LogP contribution in [0.4, 0.5) is 0 Å². The van der Waals surface area contributed by atoms with Crippen LogP contribution in [0, 0.1) is 5.92 Å². The molecule has 0 aromatic carbocycles. The molecule has 3 N–H and O–H groups in total. The van der Waals surface area contributed by atoms with Gasteiger partial charge in [-0.15, -0.1) is 0 Å². The van der Waals surface area contributed by atoms with Gasteiger partial charge in [-0.1, -0.05) is 38.5 Å². The molecule has 2 fully saturated rings. The highest BCUT2D eigenvalue weighted by molar-refractivity contribution is 5.86. The molecule has 0 heterocycles. The largest absolute Gasteiger partial charge is 0.355 e. The molecule has 3 heteroatoms. The van der Waals surface area contributed by atoms with Crippen LogP contribution < -0.4 is 11.1 Å². The highest BCUT2D eigenvalue weighted by Crippen LogP contribution is 2.29. The van der Waals surface area contributed by atoms with Gasteiger partial charge in [0.25, 0.3) is 0 Å². The Morgan fingerprint density at radius 1 is 1.18 bits per heavy atom. The van der Waals surface area contributed by atoms with Gasteiger partial charge in [-0.05, 0) is 31.6 Å². The van der Waals surface area contributed by atoms with Crippen LogP contribution in [0.5, 0.6) is 0 Å². The van der Waals surface area contributed by atoms with Gasteiger partial charge >= 0.3 is 0 Å². The maximum Gasteiger partial charge on any atom is 0.240 e. The minimum atomic E-state index is -0.548. The molecule has 1 amide bonds. The molecule has 0 saturated heterocycles. The third-order valence-corrected chi connectivity index (χ3v) is 4.50. The molecule has 0 bridgehead atoms. The van der Waals surface area contributed by atoms with Gasteiger partial charge in [-0.3, -0.25) is 4.79 Å². The van der Waals surface area contributed by atoms with Crippen LogP contribution in [0.25, 0.3) is 0 Å². The van der Waals surface area contributed by atoms with E-state index < -0.39 is 5.54 Å². The zero-order valence-corrected chi connectivity index (χ0v) is 10.8. The van der Waals surface area contributed by atoms with Crippen molar-refractivity contribution < 1.29 is 4.79 Å². The van der Waals surface area contributed by atoms with E-state index in [9.17, 15) is 4.79 Å². The first-order valence-electron chi connectivity index (χ1n) is 7.28. The van der Waals surface area contributed by atoms with E-state index in [2.05, 4.69) is 5.32 Å². The lowest BCUT2D eigenvalue weighted by Crippen LogP contribution is -2.52. The second kappa shape index (κ2) is 5.85. The van der Waals surface area contributed by atoms with Crippen molar-refractivity contribution in [3.8, 4) is 0 Å². The summed E-state index contributed by atoms with van der Waals surface area (Å²) in [7, 11) is 0. The van der Waals surface area contributed by atoms with Gasteiger partial charge < -0.3 is 11.1 Å². The predicted octanol–water partition coefficient (Wildman–Crippen LogP) is 2.34. The number of carbonyl (C=O) groups excluding carboxylic acids is 1. The molecule has 2 rings (SSSR count). The average Bonchev–Trinajstić information content (AvgIpc) is 2.96. The molecule has 98 valence electrons. The highest BCUT2D eigenvalue weighted by atomic mass is 16.2. The highest BCUT2D eigenvalue weighted by Gasteiger charge is 2.36. The molecule has 2 saturated carbocycles. The topological polar surface area (TPSA) is 55.1 Å². The Kier molecular flexibility index (Phi) is 4.43. The molecule has 0 radical (unpaired) electrons. The maximum absolute atomic E-state index is 11.9. The number of hydrogen-bond donors (Lipinski definition) is 2. The Bertz CT molecular complexity index is 253. The quantitative estimate of drug-likeness (QED) is 0.722. The van der Waals surface area contributed by atoms with Gasteiger partial charge in [0.05, 0.1) is 5.54 Å². The standard InChI is InChI=1S/C14H26N2O/c15-14(9-3-4-10-14)13(17)16-11-5-8-12-6-1-2-7-12/h12H,1-11,15H2,(H,16,17). The van der Waals surface area contributed by atoms with Crippen LogP contribution in [-0.4, -0.2) is 18.0 Å². The summed E-state index contributed by atoms with van der Waals surface area (Å²) in [6.07, 6.45) is 11.9. The van der Waals surface area contributed by atoms with Crippen molar-refractivity contribution in [2.24, 2.45) is 11.7 Å². The second-order valence-corrected chi connectivity index (χ2v) is 5.91. The van der Waals surface area contributed by atoms with Crippen molar-refractivity contribution in [3.63, 3.8) is 0 Å². The lowest BCUT2D eigenvalue weighted by molar-refractivity contribution is -0.126. The third kappa shape index (κ3) is 3.44. The van der Waals surface area contributed by atoms with Crippen molar-refractivity contribution in [1.82, 2.24) is 5.32 Å². The number of nitrogens with one attached hydrogen (secondary N) is 1. The molecule has 0 aromatic rings. The van der Waals surface area contributed by atoms with Crippen molar-refractivity contribution in [1.29, 1.82) is 0 Å². The molecule has 0 aromatic heterocycles. The first kappa shape index (κ1) is 12.9. The Morgan fingerprint density at radius 3 is 2.47 bits per heavy atom. The first-order chi connectivity index (χ1) is 8.21. The van der Waals surface area contributed by atoms with Crippen molar-refractivity contribution in [3.05, 3.63) is 0 Å². The van der Waals surface area contributed by atoms with Crippen LogP contribution in [0.15, 0.2) is 0 Å². The van der Waals surface area contributed by atoms with Gasteiger partial charge in [-0.2, -0.15) is 0 Å². The number of rotatable bonds is 5. The van der Waals surface area contributed by atoms with E-state index in [0.717, 1.165) is 44.6 Å². The van der Waals surface area contributed by atoms with Crippen molar-refractivity contribution in [2.75, 3.05) is 6.54 Å². The van der Waals surface area contributed by atoms with Crippen LogP contribution in [0.3, 0.4) is 0 Å². The Balaban J connectivity index is 1.59. The third-order valence-electron chi connectivity index (χ3n) is 4.50. The summed E-state index contributed by atoms with van der Waals surface area (Å²) in [5.41, 5.74) is 5.55. The summed E-state index contributed by atoms with van der Waals surface area (Å²) >= 11 is 0. The van der Waals surface area contributed by atoms with Crippen LogP contribution >= 0.6 is 0 Å². The van der Waals surface area contributed by atoms with E-state index in [4.69, 9.17) is 5.73 Å². The normalized spacial score (nSPS) is 24.1. The van der Waals surface area contributed by atoms with E-state index in [1.807, 2.05) is 0 Å². The van der Waals surface area contributed by atoms with Crippen LogP contribution in [0.1, 0.15) is 64.2 Å². The van der Waals surface area contributed by atoms with E-state index >= 15 is 0 Å². The predicted molar refractivity (Wildman–Crippen MR) is 69.6 cm³/mol. The maximum atomic E-state index is 11.9. The molecule has 0 spiro atoms. The van der Waals surface area contributed by atoms with Crippen molar-refractivity contribution >= 4 is 5.91 Å². The van der Waals surface area contributed by atoms with E-state index in [0.29, 0.717) is 0 Å². The summed E-state index contributed by atoms with van der Waals surface area (Å²) in [5.74, 6) is 1.01. The summed E-state index contributed by atoms with van der Waals surface area (Å²) in [6, 6.07) is 0. The van der Waals surface area contributed by atoms with E-state index in [1.54, 1.807) is 0 Å². The van der Waals surface area contributed by atoms with Gasteiger partial charge in [0, 0.05) is 6.54 Å².